The topological polar surface area (TPSA) is 59.1 Å². The van der Waals surface area contributed by atoms with Gasteiger partial charge in [-0.15, -0.1) is 11.3 Å². The van der Waals surface area contributed by atoms with Gasteiger partial charge in [-0.3, -0.25) is 9.59 Å². The molecule has 9 heteroatoms. The first-order valence-electron chi connectivity index (χ1n) is 12.4. The zero-order valence-electron chi connectivity index (χ0n) is 20.3. The highest BCUT2D eigenvalue weighted by atomic mass is 32.1. The summed E-state index contributed by atoms with van der Waals surface area (Å²) in [5.41, 5.74) is 1.19. The van der Waals surface area contributed by atoms with Gasteiger partial charge in [-0.1, -0.05) is 12.1 Å². The number of amides is 2. The number of nitrogens with zero attached hydrogens (tertiary/aromatic N) is 2. The molecule has 0 N–H and O–H groups in total. The Bertz CT molecular complexity index is 1260. The fourth-order valence-corrected chi connectivity index (χ4v) is 5.85. The van der Waals surface area contributed by atoms with Crippen molar-refractivity contribution in [2.24, 2.45) is 0 Å². The van der Waals surface area contributed by atoms with E-state index < -0.39 is 17.5 Å². The number of ether oxygens (including phenoxy) is 2. The van der Waals surface area contributed by atoms with E-state index in [4.69, 9.17) is 9.47 Å². The summed E-state index contributed by atoms with van der Waals surface area (Å²) >= 11 is 1.64. The van der Waals surface area contributed by atoms with E-state index in [2.05, 4.69) is 0 Å². The largest absolute Gasteiger partial charge is 0.491 e. The van der Waals surface area contributed by atoms with Gasteiger partial charge in [0.05, 0.1) is 12.1 Å². The molecule has 0 spiro atoms. The summed E-state index contributed by atoms with van der Waals surface area (Å²) in [6, 6.07) is 13.0. The maximum atomic E-state index is 13.9. The molecule has 2 amide bonds. The quantitative estimate of drug-likeness (QED) is 0.421. The van der Waals surface area contributed by atoms with Crippen molar-refractivity contribution in [2.75, 3.05) is 32.8 Å². The summed E-state index contributed by atoms with van der Waals surface area (Å²) in [6.07, 6.45) is 2.24. The maximum Gasteiger partial charge on any atom is 0.254 e. The molecule has 0 aliphatic carbocycles. The van der Waals surface area contributed by atoms with E-state index >= 15 is 0 Å². The molecule has 37 heavy (non-hydrogen) atoms. The van der Waals surface area contributed by atoms with Gasteiger partial charge in [-0.25, -0.2) is 8.78 Å². The third kappa shape index (κ3) is 5.99. The Morgan fingerprint density at radius 2 is 1.92 bits per heavy atom. The molecule has 3 heterocycles. The minimum absolute atomic E-state index is 0.155. The smallest absolute Gasteiger partial charge is 0.254 e. The second kappa shape index (κ2) is 11.4. The zero-order valence-corrected chi connectivity index (χ0v) is 21.1. The molecule has 2 aliphatic rings. The second-order valence-corrected chi connectivity index (χ2v) is 10.3. The molecule has 1 aromatic heterocycles. The van der Waals surface area contributed by atoms with E-state index in [0.717, 1.165) is 18.4 Å². The summed E-state index contributed by atoms with van der Waals surface area (Å²) in [6.45, 7) is 1.34. The predicted octanol–water partition coefficient (Wildman–Crippen LogP) is 4.85. The van der Waals surface area contributed by atoms with Gasteiger partial charge >= 0.3 is 0 Å². The predicted molar refractivity (Wildman–Crippen MR) is 136 cm³/mol. The van der Waals surface area contributed by atoms with E-state index in [1.54, 1.807) is 34.4 Å². The van der Waals surface area contributed by atoms with Crippen LogP contribution in [0.4, 0.5) is 8.78 Å². The summed E-state index contributed by atoms with van der Waals surface area (Å²) < 4.78 is 39.2. The molecule has 2 atom stereocenters. The van der Waals surface area contributed by atoms with Crippen LogP contribution >= 0.6 is 11.3 Å². The molecule has 6 nitrogen and oxygen atoms in total. The van der Waals surface area contributed by atoms with Crippen LogP contribution in [0.3, 0.4) is 0 Å². The molecule has 0 unspecified atom stereocenters. The number of carbonyl (C=O) groups is 2. The average Bonchev–Trinajstić information content (AvgIpc) is 3.58. The van der Waals surface area contributed by atoms with Gasteiger partial charge in [0.1, 0.15) is 30.5 Å². The van der Waals surface area contributed by atoms with Gasteiger partial charge in [-0.2, -0.15) is 0 Å². The van der Waals surface area contributed by atoms with Crippen molar-refractivity contribution in [1.82, 2.24) is 9.80 Å². The third-order valence-electron chi connectivity index (χ3n) is 6.75. The number of thiophene rings is 1. The van der Waals surface area contributed by atoms with Crippen LogP contribution in [0.1, 0.15) is 39.7 Å². The SMILES string of the molecule is O=C(c1cccc(F)c1)N(CC(=O)N1CCc2sccc2[C@@H]1COc1cccc(F)c1)C[C@@H]1CCCO1. The van der Waals surface area contributed by atoms with Gasteiger partial charge in [0, 0.05) is 36.2 Å². The molecule has 1 fully saturated rings. The number of hydrogen-bond donors (Lipinski definition) is 0. The molecule has 1 saturated heterocycles. The zero-order chi connectivity index (χ0) is 25.8. The molecular formula is C28H28F2N2O4S. The highest BCUT2D eigenvalue weighted by Gasteiger charge is 2.34. The maximum absolute atomic E-state index is 13.9. The van der Waals surface area contributed by atoms with Crippen LogP contribution in [0.25, 0.3) is 0 Å². The van der Waals surface area contributed by atoms with Crippen LogP contribution < -0.4 is 4.74 Å². The fourth-order valence-electron chi connectivity index (χ4n) is 4.92. The lowest BCUT2D eigenvalue weighted by atomic mass is 10.00. The molecule has 5 rings (SSSR count). The van der Waals surface area contributed by atoms with Gasteiger partial charge in [-0.05, 0) is 66.6 Å². The summed E-state index contributed by atoms with van der Waals surface area (Å²) in [4.78, 5) is 31.4. The summed E-state index contributed by atoms with van der Waals surface area (Å²) in [5, 5.41) is 1.99. The van der Waals surface area contributed by atoms with E-state index in [-0.39, 0.29) is 43.3 Å². The van der Waals surface area contributed by atoms with E-state index in [9.17, 15) is 18.4 Å². The molecule has 2 aliphatic heterocycles. The Morgan fingerprint density at radius 3 is 2.68 bits per heavy atom. The second-order valence-electron chi connectivity index (χ2n) is 9.25. The van der Waals surface area contributed by atoms with Crippen LogP contribution in [0.5, 0.6) is 5.75 Å². The van der Waals surface area contributed by atoms with Gasteiger partial charge in [0.2, 0.25) is 5.91 Å². The first-order valence-corrected chi connectivity index (χ1v) is 13.3. The van der Waals surface area contributed by atoms with Crippen LogP contribution in [0.15, 0.2) is 60.0 Å². The van der Waals surface area contributed by atoms with Gasteiger partial charge in [0.25, 0.3) is 5.91 Å². The molecule has 0 saturated carbocycles. The minimum Gasteiger partial charge on any atom is -0.491 e. The normalized spacial score (nSPS) is 18.9. The Labute approximate surface area is 218 Å². The summed E-state index contributed by atoms with van der Waals surface area (Å²) in [7, 11) is 0. The van der Waals surface area contributed by atoms with E-state index in [1.165, 1.54) is 40.1 Å². The van der Waals surface area contributed by atoms with Crippen LogP contribution in [-0.2, 0) is 16.0 Å². The van der Waals surface area contributed by atoms with Crippen LogP contribution in [-0.4, -0.2) is 60.6 Å². The number of hydrogen-bond acceptors (Lipinski definition) is 5. The Kier molecular flexibility index (Phi) is 7.81. The van der Waals surface area contributed by atoms with Crippen molar-refractivity contribution >= 4 is 23.2 Å². The van der Waals surface area contributed by atoms with Crippen molar-refractivity contribution in [3.8, 4) is 5.75 Å². The molecule has 0 radical (unpaired) electrons. The lowest BCUT2D eigenvalue weighted by molar-refractivity contribution is -0.135. The van der Waals surface area contributed by atoms with Gasteiger partial charge < -0.3 is 19.3 Å². The number of halogens is 2. The third-order valence-corrected chi connectivity index (χ3v) is 7.75. The molecular weight excluding hydrogens is 498 g/mol. The Hall–Kier alpha value is -3.30. The highest BCUT2D eigenvalue weighted by molar-refractivity contribution is 7.10. The molecule has 0 bridgehead atoms. The number of fused-ring (bicyclic) bond motifs is 1. The summed E-state index contributed by atoms with van der Waals surface area (Å²) in [5.74, 6) is -1.16. The fraction of sp³-hybridized carbons (Fsp3) is 0.357. The van der Waals surface area contributed by atoms with Crippen molar-refractivity contribution in [3.63, 3.8) is 0 Å². The Balaban J connectivity index is 1.36. The van der Waals surface area contributed by atoms with E-state index in [1.807, 2.05) is 11.4 Å². The van der Waals surface area contributed by atoms with Crippen molar-refractivity contribution in [1.29, 1.82) is 0 Å². The molecule has 194 valence electrons. The lowest BCUT2D eigenvalue weighted by Crippen LogP contribution is -2.49. The van der Waals surface area contributed by atoms with Crippen molar-refractivity contribution in [3.05, 3.63) is 87.6 Å². The average molecular weight is 527 g/mol. The highest BCUT2D eigenvalue weighted by Crippen LogP contribution is 2.34. The van der Waals surface area contributed by atoms with Crippen molar-refractivity contribution in [2.45, 2.75) is 31.4 Å². The monoisotopic (exact) mass is 526 g/mol. The van der Waals surface area contributed by atoms with Crippen LogP contribution in [0, 0.1) is 11.6 Å². The number of rotatable bonds is 8. The minimum atomic E-state index is -0.509. The molecule has 2 aromatic carbocycles. The number of benzene rings is 2. The molecule has 3 aromatic rings. The standard InChI is InChI=1S/C28H28F2N2O4S/c29-20-5-1-4-19(14-20)28(34)31(16-23-8-3-12-35-23)17-27(33)32-11-9-26-24(10-13-37-26)25(32)18-36-22-7-2-6-21(30)15-22/h1-2,4-7,10,13-15,23,25H,3,8-9,11-12,16-18H2/t23-,25-/m0/s1. The van der Waals surface area contributed by atoms with Crippen molar-refractivity contribution < 1.29 is 27.8 Å². The van der Waals surface area contributed by atoms with Crippen LogP contribution in [0.2, 0.25) is 0 Å². The number of carbonyl (C=O) groups excluding carboxylic acids is 2. The van der Waals surface area contributed by atoms with E-state index in [0.29, 0.717) is 25.3 Å². The first kappa shape index (κ1) is 25.4. The Morgan fingerprint density at radius 1 is 1.11 bits per heavy atom. The first-order chi connectivity index (χ1) is 18.0. The van der Waals surface area contributed by atoms with Gasteiger partial charge in [0.15, 0.2) is 0 Å². The lowest BCUT2D eigenvalue weighted by Gasteiger charge is -2.37.